The molecule has 0 fully saturated rings. The van der Waals surface area contributed by atoms with Crippen LogP contribution in [0.25, 0.3) is 0 Å². The Balaban J connectivity index is 1.69. The molecule has 0 bridgehead atoms. The van der Waals surface area contributed by atoms with Gasteiger partial charge in [0, 0.05) is 17.6 Å². The Labute approximate surface area is 172 Å². The number of esters is 1. The van der Waals surface area contributed by atoms with E-state index < -0.39 is 18.5 Å². The number of carbonyl (C=O) groups is 4. The van der Waals surface area contributed by atoms with Crippen molar-refractivity contribution in [1.29, 1.82) is 0 Å². The number of carbonyl (C=O) groups excluding carboxylic acids is 4. The minimum atomic E-state index is -0.738. The lowest BCUT2D eigenvalue weighted by molar-refractivity contribution is -0.150. The van der Waals surface area contributed by atoms with Crippen LogP contribution in [0, 0.1) is 13.8 Å². The van der Waals surface area contributed by atoms with E-state index in [0.717, 1.165) is 15.3 Å². The van der Waals surface area contributed by atoms with Gasteiger partial charge in [-0.15, -0.1) is 11.3 Å². The van der Waals surface area contributed by atoms with Gasteiger partial charge in [-0.2, -0.15) is 0 Å². The molecule has 154 valence electrons. The van der Waals surface area contributed by atoms with Crippen molar-refractivity contribution in [3.63, 3.8) is 0 Å². The molecule has 0 radical (unpaired) electrons. The highest BCUT2D eigenvalue weighted by Crippen LogP contribution is 2.14. The third-order valence-electron chi connectivity index (χ3n) is 3.86. The van der Waals surface area contributed by atoms with Gasteiger partial charge in [0.25, 0.3) is 11.8 Å². The highest BCUT2D eigenvalue weighted by molar-refractivity contribution is 7.13. The molecule has 29 heavy (non-hydrogen) atoms. The van der Waals surface area contributed by atoms with Gasteiger partial charge in [0.05, 0.1) is 11.4 Å². The van der Waals surface area contributed by atoms with E-state index in [4.69, 9.17) is 4.74 Å². The van der Waals surface area contributed by atoms with Gasteiger partial charge in [0.1, 0.15) is 6.54 Å². The number of aryl methyl sites for hydroxylation is 2. The number of hydrogen-bond donors (Lipinski definition) is 2. The summed E-state index contributed by atoms with van der Waals surface area (Å²) in [6, 6.07) is 10.7. The topological polar surface area (TPSA) is 105 Å². The zero-order valence-electron chi connectivity index (χ0n) is 16.5. The second kappa shape index (κ2) is 10.4. The molecule has 8 nitrogen and oxygen atoms in total. The Hall–Kier alpha value is -3.20. The highest BCUT2D eigenvalue weighted by Gasteiger charge is 2.16. The molecular weight excluding hydrogens is 394 g/mol. The first-order valence-electron chi connectivity index (χ1n) is 8.85. The van der Waals surface area contributed by atoms with E-state index in [-0.39, 0.29) is 24.9 Å². The third kappa shape index (κ3) is 7.38. The maximum absolute atomic E-state index is 12.0. The lowest BCUT2D eigenvalue weighted by Gasteiger charge is -2.17. The molecule has 0 atom stereocenters. The summed E-state index contributed by atoms with van der Waals surface area (Å²) >= 11 is 1.31. The molecule has 0 saturated heterocycles. The second-order valence-corrected chi connectivity index (χ2v) is 7.71. The highest BCUT2D eigenvalue weighted by atomic mass is 32.1. The number of anilines is 1. The van der Waals surface area contributed by atoms with Gasteiger partial charge < -0.3 is 20.3 Å². The average molecular weight is 417 g/mol. The number of ether oxygens (including phenoxy) is 1. The van der Waals surface area contributed by atoms with Crippen LogP contribution in [0.15, 0.2) is 36.4 Å². The third-order valence-corrected chi connectivity index (χ3v) is 4.86. The van der Waals surface area contributed by atoms with Crippen LogP contribution >= 0.6 is 11.3 Å². The molecule has 1 aromatic heterocycles. The van der Waals surface area contributed by atoms with E-state index in [1.54, 1.807) is 24.3 Å². The Bertz CT molecular complexity index is 892. The fourth-order valence-corrected chi connectivity index (χ4v) is 3.02. The normalized spacial score (nSPS) is 10.2. The summed E-state index contributed by atoms with van der Waals surface area (Å²) in [7, 11) is 1.44. The first kappa shape index (κ1) is 22.1. The molecule has 3 amide bonds. The number of rotatable bonds is 8. The maximum Gasteiger partial charge on any atom is 0.325 e. The van der Waals surface area contributed by atoms with Crippen LogP contribution in [-0.2, 0) is 19.1 Å². The average Bonchev–Trinajstić information content (AvgIpc) is 3.12. The summed E-state index contributed by atoms with van der Waals surface area (Å²) in [5.74, 6) is -2.01. The Morgan fingerprint density at radius 2 is 1.72 bits per heavy atom. The molecule has 2 aromatic rings. The zero-order valence-corrected chi connectivity index (χ0v) is 17.3. The SMILES string of the molecule is Cc1ccc(NC(=O)CN(C)C(=O)COC(=O)CNC(=O)c2ccc(C)s2)cc1. The Morgan fingerprint density at radius 1 is 1.03 bits per heavy atom. The molecule has 0 aliphatic carbocycles. The molecule has 0 aliphatic rings. The van der Waals surface area contributed by atoms with E-state index in [0.29, 0.717) is 10.6 Å². The minimum absolute atomic E-state index is 0.182. The molecule has 9 heteroatoms. The summed E-state index contributed by atoms with van der Waals surface area (Å²) in [4.78, 5) is 50.3. The zero-order chi connectivity index (χ0) is 21.4. The van der Waals surface area contributed by atoms with E-state index in [2.05, 4.69) is 10.6 Å². The quantitative estimate of drug-likeness (QED) is 0.637. The van der Waals surface area contributed by atoms with Gasteiger partial charge in [-0.1, -0.05) is 17.7 Å². The summed E-state index contributed by atoms with van der Waals surface area (Å²) in [5.41, 5.74) is 1.70. The molecule has 0 saturated carbocycles. The van der Waals surface area contributed by atoms with Crippen LogP contribution in [0.4, 0.5) is 5.69 Å². The van der Waals surface area contributed by atoms with E-state index in [1.165, 1.54) is 18.4 Å². The van der Waals surface area contributed by atoms with Crippen molar-refractivity contribution in [3.05, 3.63) is 51.7 Å². The van der Waals surface area contributed by atoms with Crippen LogP contribution in [0.3, 0.4) is 0 Å². The van der Waals surface area contributed by atoms with Crippen molar-refractivity contribution in [2.45, 2.75) is 13.8 Å². The van der Waals surface area contributed by atoms with Crippen molar-refractivity contribution < 1.29 is 23.9 Å². The number of benzene rings is 1. The predicted molar refractivity (Wildman–Crippen MR) is 110 cm³/mol. The van der Waals surface area contributed by atoms with Crippen molar-refractivity contribution >= 4 is 40.7 Å². The lowest BCUT2D eigenvalue weighted by Crippen LogP contribution is -2.38. The summed E-state index contributed by atoms with van der Waals surface area (Å²) in [5, 5.41) is 5.12. The van der Waals surface area contributed by atoms with Crippen LogP contribution in [-0.4, -0.2) is 55.3 Å². The van der Waals surface area contributed by atoms with Gasteiger partial charge in [-0.05, 0) is 38.1 Å². The number of amides is 3. The molecule has 0 aliphatic heterocycles. The van der Waals surface area contributed by atoms with Crippen molar-refractivity contribution in [2.24, 2.45) is 0 Å². The van der Waals surface area contributed by atoms with Gasteiger partial charge in [0.2, 0.25) is 5.91 Å². The van der Waals surface area contributed by atoms with Crippen LogP contribution in [0.2, 0.25) is 0 Å². The molecule has 1 aromatic carbocycles. The molecule has 1 heterocycles. The number of nitrogens with one attached hydrogen (secondary N) is 2. The monoisotopic (exact) mass is 417 g/mol. The van der Waals surface area contributed by atoms with Crippen molar-refractivity contribution in [1.82, 2.24) is 10.2 Å². The fourth-order valence-electron chi connectivity index (χ4n) is 2.24. The minimum Gasteiger partial charge on any atom is -0.454 e. The summed E-state index contributed by atoms with van der Waals surface area (Å²) in [6.07, 6.45) is 0. The first-order valence-corrected chi connectivity index (χ1v) is 9.67. The second-order valence-electron chi connectivity index (χ2n) is 6.42. The molecule has 0 spiro atoms. The Kier molecular flexibility index (Phi) is 7.90. The van der Waals surface area contributed by atoms with Crippen LogP contribution in [0.1, 0.15) is 20.1 Å². The molecule has 2 rings (SSSR count). The Morgan fingerprint density at radius 3 is 2.34 bits per heavy atom. The van der Waals surface area contributed by atoms with Crippen LogP contribution < -0.4 is 10.6 Å². The number of hydrogen-bond acceptors (Lipinski definition) is 6. The maximum atomic E-state index is 12.0. The van der Waals surface area contributed by atoms with Gasteiger partial charge in [-0.3, -0.25) is 19.2 Å². The van der Waals surface area contributed by atoms with Crippen molar-refractivity contribution in [2.75, 3.05) is 32.1 Å². The fraction of sp³-hybridized carbons (Fsp3) is 0.300. The smallest absolute Gasteiger partial charge is 0.325 e. The van der Waals surface area contributed by atoms with E-state index >= 15 is 0 Å². The largest absolute Gasteiger partial charge is 0.454 e. The molecular formula is C20H23N3O5S. The van der Waals surface area contributed by atoms with Gasteiger partial charge in [0.15, 0.2) is 6.61 Å². The number of thiophene rings is 1. The van der Waals surface area contributed by atoms with Crippen molar-refractivity contribution in [3.8, 4) is 0 Å². The number of likely N-dealkylation sites (N-methyl/N-ethyl adjacent to an activating group) is 1. The summed E-state index contributed by atoms with van der Waals surface area (Å²) < 4.78 is 4.86. The van der Waals surface area contributed by atoms with Gasteiger partial charge in [-0.25, -0.2) is 0 Å². The molecule has 2 N–H and O–H groups in total. The first-order chi connectivity index (χ1) is 13.7. The standard InChI is InChI=1S/C20H23N3O5S/c1-13-4-7-15(8-5-13)22-17(24)11-23(3)18(25)12-28-19(26)10-21-20(27)16-9-6-14(2)29-16/h4-9H,10-12H2,1-3H3,(H,21,27)(H,22,24). The number of nitrogens with zero attached hydrogens (tertiary/aromatic N) is 1. The van der Waals surface area contributed by atoms with E-state index in [1.807, 2.05) is 26.0 Å². The van der Waals surface area contributed by atoms with E-state index in [9.17, 15) is 19.2 Å². The summed E-state index contributed by atoms with van der Waals surface area (Å²) in [6.45, 7) is 2.77. The predicted octanol–water partition coefficient (Wildman–Crippen LogP) is 1.74. The lowest BCUT2D eigenvalue weighted by atomic mass is 10.2. The van der Waals surface area contributed by atoms with Gasteiger partial charge >= 0.3 is 5.97 Å². The van der Waals surface area contributed by atoms with Crippen LogP contribution in [0.5, 0.6) is 0 Å². The molecule has 0 unspecified atom stereocenters.